The molecular weight excluding hydrogens is 270 g/mol. The summed E-state index contributed by atoms with van der Waals surface area (Å²) >= 11 is 0. The van der Waals surface area contributed by atoms with Gasteiger partial charge in [-0.1, -0.05) is 6.07 Å². The smallest absolute Gasteiger partial charge is 0.335 e. The lowest BCUT2D eigenvalue weighted by atomic mass is 9.88. The third-order valence-electron chi connectivity index (χ3n) is 4.67. The highest BCUT2D eigenvalue weighted by atomic mass is 16.5. The lowest BCUT2D eigenvalue weighted by Crippen LogP contribution is -2.40. The van der Waals surface area contributed by atoms with Crippen molar-refractivity contribution in [2.75, 3.05) is 14.2 Å². The van der Waals surface area contributed by atoms with Gasteiger partial charge in [-0.05, 0) is 49.6 Å². The van der Waals surface area contributed by atoms with Crippen LogP contribution in [-0.4, -0.2) is 47.3 Å². The fourth-order valence-corrected chi connectivity index (χ4v) is 3.51. The maximum Gasteiger partial charge on any atom is 0.335 e. The number of hydrogen-bond acceptors (Lipinski definition) is 5. The SMILES string of the molecule is COC(=O)C1=C(c2ccc(O)c(O)c2)CC2CCC1N2C. The number of carbonyl (C=O) groups is 1. The monoisotopic (exact) mass is 289 g/mol. The molecule has 5 nitrogen and oxygen atoms in total. The molecule has 0 spiro atoms. The predicted molar refractivity (Wildman–Crippen MR) is 77.9 cm³/mol. The number of likely N-dealkylation sites (N-methyl/N-ethyl adjacent to an activating group) is 1. The molecule has 1 aromatic carbocycles. The molecule has 2 bridgehead atoms. The summed E-state index contributed by atoms with van der Waals surface area (Å²) in [5, 5.41) is 19.2. The molecule has 0 aliphatic carbocycles. The molecular formula is C16H19NO4. The van der Waals surface area contributed by atoms with Crippen molar-refractivity contribution in [1.29, 1.82) is 0 Å². The number of methoxy groups -OCH3 is 1. The predicted octanol–water partition coefficient (Wildman–Crippen LogP) is 1.89. The molecule has 0 aromatic heterocycles. The minimum atomic E-state index is -0.310. The number of benzene rings is 1. The summed E-state index contributed by atoms with van der Waals surface area (Å²) in [6.07, 6.45) is 2.75. The van der Waals surface area contributed by atoms with Crippen molar-refractivity contribution >= 4 is 11.5 Å². The molecule has 5 heteroatoms. The van der Waals surface area contributed by atoms with E-state index in [0.717, 1.165) is 30.4 Å². The van der Waals surface area contributed by atoms with Crippen LogP contribution in [0.15, 0.2) is 23.8 Å². The first-order chi connectivity index (χ1) is 10.0. The number of aromatic hydroxyl groups is 2. The second-order valence-electron chi connectivity index (χ2n) is 5.70. The largest absolute Gasteiger partial charge is 0.504 e. The summed E-state index contributed by atoms with van der Waals surface area (Å²) in [6.45, 7) is 0. The summed E-state index contributed by atoms with van der Waals surface area (Å²) in [5.41, 5.74) is 2.37. The van der Waals surface area contributed by atoms with E-state index in [-0.39, 0.29) is 23.5 Å². The highest BCUT2D eigenvalue weighted by Crippen LogP contribution is 2.43. The van der Waals surface area contributed by atoms with Crippen LogP contribution in [0, 0.1) is 0 Å². The lowest BCUT2D eigenvalue weighted by Gasteiger charge is -2.34. The van der Waals surface area contributed by atoms with Crippen molar-refractivity contribution in [3.63, 3.8) is 0 Å². The van der Waals surface area contributed by atoms with E-state index in [1.807, 2.05) is 7.05 Å². The fourth-order valence-electron chi connectivity index (χ4n) is 3.51. The zero-order valence-electron chi connectivity index (χ0n) is 12.2. The summed E-state index contributed by atoms with van der Waals surface area (Å²) in [7, 11) is 3.43. The van der Waals surface area contributed by atoms with Crippen LogP contribution in [0.1, 0.15) is 24.8 Å². The Labute approximate surface area is 123 Å². The van der Waals surface area contributed by atoms with Crippen molar-refractivity contribution < 1.29 is 19.7 Å². The Kier molecular flexibility index (Phi) is 3.37. The van der Waals surface area contributed by atoms with E-state index < -0.39 is 0 Å². The topological polar surface area (TPSA) is 70.0 Å². The molecule has 2 heterocycles. The number of esters is 1. The molecule has 1 saturated heterocycles. The number of nitrogens with zero attached hydrogens (tertiary/aromatic N) is 1. The van der Waals surface area contributed by atoms with Crippen molar-refractivity contribution in [2.24, 2.45) is 0 Å². The zero-order chi connectivity index (χ0) is 15.1. The molecule has 1 aromatic rings. The van der Waals surface area contributed by atoms with Crippen molar-refractivity contribution in [2.45, 2.75) is 31.3 Å². The van der Waals surface area contributed by atoms with Crippen LogP contribution in [0.4, 0.5) is 0 Å². The summed E-state index contributed by atoms with van der Waals surface area (Å²) in [4.78, 5) is 14.4. The molecule has 0 amide bonds. The van der Waals surface area contributed by atoms with Crippen LogP contribution in [0.25, 0.3) is 5.57 Å². The Morgan fingerprint density at radius 2 is 2.05 bits per heavy atom. The standard InChI is InChI=1S/C16H19NO4/c1-17-10-4-5-12(17)15(16(20)21-2)11(8-10)9-3-6-13(18)14(19)7-9/h3,6-7,10,12,18-19H,4-5,8H2,1-2H3. The number of carbonyl (C=O) groups excluding carboxylic acids is 1. The van der Waals surface area contributed by atoms with Gasteiger partial charge in [0.25, 0.3) is 0 Å². The van der Waals surface area contributed by atoms with E-state index in [1.165, 1.54) is 19.2 Å². The van der Waals surface area contributed by atoms with Gasteiger partial charge in [-0.15, -0.1) is 0 Å². The highest BCUT2D eigenvalue weighted by Gasteiger charge is 2.42. The van der Waals surface area contributed by atoms with Crippen molar-refractivity contribution in [3.8, 4) is 11.5 Å². The molecule has 0 radical (unpaired) electrons. The van der Waals surface area contributed by atoms with Gasteiger partial charge in [0, 0.05) is 12.1 Å². The normalized spacial score (nSPS) is 25.2. The Bertz CT molecular complexity index is 623. The van der Waals surface area contributed by atoms with Gasteiger partial charge >= 0.3 is 5.97 Å². The number of phenols is 2. The van der Waals surface area contributed by atoms with Gasteiger partial charge in [-0.2, -0.15) is 0 Å². The van der Waals surface area contributed by atoms with E-state index in [0.29, 0.717) is 11.6 Å². The maximum absolute atomic E-state index is 12.2. The lowest BCUT2D eigenvalue weighted by molar-refractivity contribution is -0.136. The highest BCUT2D eigenvalue weighted by molar-refractivity contribution is 6.00. The van der Waals surface area contributed by atoms with Crippen LogP contribution in [0.5, 0.6) is 11.5 Å². The molecule has 0 saturated carbocycles. The average molecular weight is 289 g/mol. The summed E-state index contributed by atoms with van der Waals surface area (Å²) in [6, 6.07) is 5.18. The first kappa shape index (κ1) is 13.9. The number of fused-ring (bicyclic) bond motifs is 2. The molecule has 2 aliphatic rings. The van der Waals surface area contributed by atoms with Crippen molar-refractivity contribution in [1.82, 2.24) is 4.90 Å². The third-order valence-corrected chi connectivity index (χ3v) is 4.67. The molecule has 3 rings (SSSR count). The van der Waals surface area contributed by atoms with Crippen LogP contribution in [0.3, 0.4) is 0 Å². The minimum absolute atomic E-state index is 0.0714. The number of ether oxygens (including phenoxy) is 1. The molecule has 2 atom stereocenters. The van der Waals surface area contributed by atoms with Gasteiger partial charge in [-0.3, -0.25) is 4.90 Å². The van der Waals surface area contributed by atoms with E-state index >= 15 is 0 Å². The molecule has 1 fully saturated rings. The first-order valence-corrected chi connectivity index (χ1v) is 7.08. The van der Waals surface area contributed by atoms with Crippen LogP contribution >= 0.6 is 0 Å². The van der Waals surface area contributed by atoms with Gasteiger partial charge in [0.05, 0.1) is 12.7 Å². The number of hydrogen-bond donors (Lipinski definition) is 2. The van der Waals surface area contributed by atoms with E-state index in [4.69, 9.17) is 4.74 Å². The van der Waals surface area contributed by atoms with Crippen LogP contribution < -0.4 is 0 Å². The van der Waals surface area contributed by atoms with Gasteiger partial charge in [0.2, 0.25) is 0 Å². The van der Waals surface area contributed by atoms with E-state index in [2.05, 4.69) is 4.90 Å². The molecule has 2 N–H and O–H groups in total. The van der Waals surface area contributed by atoms with E-state index in [1.54, 1.807) is 6.07 Å². The maximum atomic E-state index is 12.2. The molecule has 112 valence electrons. The first-order valence-electron chi connectivity index (χ1n) is 7.08. The number of phenolic OH excluding ortho intramolecular Hbond substituents is 2. The van der Waals surface area contributed by atoms with Crippen LogP contribution in [0.2, 0.25) is 0 Å². The quantitative estimate of drug-likeness (QED) is 0.642. The Morgan fingerprint density at radius 1 is 1.29 bits per heavy atom. The third kappa shape index (κ3) is 2.17. The zero-order valence-corrected chi connectivity index (χ0v) is 12.2. The van der Waals surface area contributed by atoms with Gasteiger partial charge in [-0.25, -0.2) is 4.79 Å². The van der Waals surface area contributed by atoms with Gasteiger partial charge in [0.1, 0.15) is 0 Å². The molecule has 2 unspecified atom stereocenters. The number of rotatable bonds is 2. The summed E-state index contributed by atoms with van der Waals surface area (Å²) < 4.78 is 4.96. The fraction of sp³-hybridized carbons (Fsp3) is 0.438. The van der Waals surface area contributed by atoms with Gasteiger partial charge < -0.3 is 14.9 Å². The molecule has 2 aliphatic heterocycles. The summed E-state index contributed by atoms with van der Waals surface area (Å²) in [5.74, 6) is -0.639. The van der Waals surface area contributed by atoms with Crippen LogP contribution in [-0.2, 0) is 9.53 Å². The minimum Gasteiger partial charge on any atom is -0.504 e. The second-order valence-corrected chi connectivity index (χ2v) is 5.70. The van der Waals surface area contributed by atoms with E-state index in [9.17, 15) is 15.0 Å². The Balaban J connectivity index is 2.13. The Morgan fingerprint density at radius 3 is 2.71 bits per heavy atom. The average Bonchev–Trinajstić information content (AvgIpc) is 2.72. The second kappa shape index (κ2) is 5.07. The molecule has 21 heavy (non-hydrogen) atoms. The van der Waals surface area contributed by atoms with Crippen molar-refractivity contribution in [3.05, 3.63) is 29.3 Å². The van der Waals surface area contributed by atoms with Gasteiger partial charge in [0.15, 0.2) is 11.5 Å². The Hall–Kier alpha value is -2.01.